The zero-order chi connectivity index (χ0) is 19.2. The van der Waals surface area contributed by atoms with Crippen molar-refractivity contribution in [2.45, 2.75) is 38.5 Å². The van der Waals surface area contributed by atoms with Crippen LogP contribution in [-0.2, 0) is 4.79 Å². The van der Waals surface area contributed by atoms with E-state index in [4.69, 9.17) is 22.6 Å². The van der Waals surface area contributed by atoms with Crippen LogP contribution in [0.1, 0.15) is 44.1 Å². The van der Waals surface area contributed by atoms with Crippen molar-refractivity contribution in [3.8, 4) is 6.07 Å². The molecule has 1 aliphatic carbocycles. The molecule has 1 atom stereocenters. The van der Waals surface area contributed by atoms with Crippen molar-refractivity contribution in [3.05, 3.63) is 40.9 Å². The first-order valence-corrected chi connectivity index (χ1v) is 10.3. The van der Waals surface area contributed by atoms with Crippen LogP contribution in [0.2, 0.25) is 5.02 Å². The van der Waals surface area contributed by atoms with Crippen molar-refractivity contribution in [2.75, 3.05) is 19.6 Å². The molecule has 1 aromatic rings. The van der Waals surface area contributed by atoms with Gasteiger partial charge in [0.15, 0.2) is 0 Å². The van der Waals surface area contributed by atoms with Gasteiger partial charge in [0.25, 0.3) is 0 Å². The van der Waals surface area contributed by atoms with Crippen molar-refractivity contribution in [3.63, 3.8) is 0 Å². The molecule has 0 saturated heterocycles. The van der Waals surface area contributed by atoms with Gasteiger partial charge in [0.1, 0.15) is 5.92 Å². The number of halogens is 1. The second-order valence-electron chi connectivity index (χ2n) is 7.87. The van der Waals surface area contributed by atoms with Crippen LogP contribution in [0, 0.1) is 29.1 Å². The molecule has 0 radical (unpaired) electrons. The van der Waals surface area contributed by atoms with Crippen LogP contribution >= 0.6 is 11.6 Å². The van der Waals surface area contributed by atoms with Gasteiger partial charge in [-0.2, -0.15) is 5.26 Å². The topological polar surface area (TPSA) is 70.1 Å². The summed E-state index contributed by atoms with van der Waals surface area (Å²) in [6, 6.07) is 10.2. The predicted octanol–water partition coefficient (Wildman–Crippen LogP) is 4.25. The number of nitrogens with zero attached hydrogens (tertiary/aromatic N) is 2. The number of amides is 1. The molecule has 3 rings (SSSR count). The lowest BCUT2D eigenvalue weighted by atomic mass is 9.75. The molecule has 0 spiro atoms. The van der Waals surface area contributed by atoms with Gasteiger partial charge in [-0.1, -0.05) is 42.7 Å². The Balaban J connectivity index is 1.41. The number of nitriles is 1. The van der Waals surface area contributed by atoms with Gasteiger partial charge in [0, 0.05) is 18.1 Å². The summed E-state index contributed by atoms with van der Waals surface area (Å²) in [4.78, 5) is 13.9. The van der Waals surface area contributed by atoms with Gasteiger partial charge in [-0.15, -0.1) is 0 Å². The van der Waals surface area contributed by atoms with E-state index in [9.17, 15) is 4.79 Å². The number of rotatable bonds is 6. The Bertz CT molecular complexity index is 714. The summed E-state index contributed by atoms with van der Waals surface area (Å²) in [5, 5.41) is 9.92. The third kappa shape index (κ3) is 5.34. The Labute approximate surface area is 167 Å². The summed E-state index contributed by atoms with van der Waals surface area (Å²) in [5.41, 5.74) is 8.04. The summed E-state index contributed by atoms with van der Waals surface area (Å²) in [6.07, 6.45) is 8.74. The van der Waals surface area contributed by atoms with Crippen molar-refractivity contribution >= 4 is 23.1 Å². The highest BCUT2D eigenvalue weighted by Crippen LogP contribution is 2.35. The smallest absolute Gasteiger partial charge is 0.235 e. The number of hydrogen-bond acceptors (Lipinski definition) is 3. The number of hydrogen-bond donors (Lipinski definition) is 1. The molecule has 2 N–H and O–H groups in total. The quantitative estimate of drug-likeness (QED) is 0.795. The zero-order valence-electron chi connectivity index (χ0n) is 15.7. The molecule has 1 aromatic carbocycles. The average Bonchev–Trinajstić information content (AvgIpc) is 2.69. The second kappa shape index (κ2) is 9.39. The molecule has 4 nitrogen and oxygen atoms in total. The molecule has 1 amide bonds. The van der Waals surface area contributed by atoms with E-state index in [1.165, 1.54) is 17.6 Å². The number of carbonyl (C=O) groups is 1. The first-order chi connectivity index (χ1) is 13.1. The lowest BCUT2D eigenvalue weighted by molar-refractivity contribution is -0.122. The maximum absolute atomic E-state index is 11.4. The molecule has 1 aliphatic heterocycles. The van der Waals surface area contributed by atoms with Crippen LogP contribution < -0.4 is 5.73 Å². The summed E-state index contributed by atoms with van der Waals surface area (Å²) in [5.74, 6) is -0.208. The lowest BCUT2D eigenvalue weighted by Gasteiger charge is -2.32. The van der Waals surface area contributed by atoms with Gasteiger partial charge in [-0.05, 0) is 67.3 Å². The second-order valence-corrected chi connectivity index (χ2v) is 8.30. The number of nitrogens with two attached hydrogens (primary N) is 1. The largest absolute Gasteiger partial charge is 0.369 e. The van der Waals surface area contributed by atoms with E-state index < -0.39 is 11.8 Å². The van der Waals surface area contributed by atoms with Gasteiger partial charge < -0.3 is 5.73 Å². The zero-order valence-corrected chi connectivity index (χ0v) is 16.5. The van der Waals surface area contributed by atoms with Gasteiger partial charge in [-0.25, -0.2) is 0 Å². The minimum absolute atomic E-state index is 0.156. The first-order valence-electron chi connectivity index (χ1n) is 9.93. The monoisotopic (exact) mass is 385 g/mol. The molecule has 27 heavy (non-hydrogen) atoms. The summed E-state index contributed by atoms with van der Waals surface area (Å²) >= 11 is 5.97. The van der Waals surface area contributed by atoms with E-state index in [2.05, 4.69) is 29.2 Å². The van der Waals surface area contributed by atoms with Crippen LogP contribution in [-0.4, -0.2) is 30.4 Å². The van der Waals surface area contributed by atoms with Crippen molar-refractivity contribution in [2.24, 2.45) is 23.5 Å². The minimum atomic E-state index is -0.607. The van der Waals surface area contributed by atoms with Crippen LogP contribution in [0.25, 0.3) is 5.57 Å². The Morgan fingerprint density at radius 2 is 1.96 bits per heavy atom. The minimum Gasteiger partial charge on any atom is -0.369 e. The summed E-state index contributed by atoms with van der Waals surface area (Å²) < 4.78 is 0. The van der Waals surface area contributed by atoms with E-state index in [0.717, 1.165) is 56.8 Å². The molecule has 144 valence electrons. The fourth-order valence-corrected chi connectivity index (χ4v) is 4.54. The van der Waals surface area contributed by atoms with E-state index in [-0.39, 0.29) is 5.92 Å². The third-order valence-corrected chi connectivity index (χ3v) is 6.42. The fraction of sp³-hybridized carbons (Fsp3) is 0.545. The van der Waals surface area contributed by atoms with Gasteiger partial charge in [-0.3, -0.25) is 9.69 Å². The average molecular weight is 386 g/mol. The molecular weight excluding hydrogens is 358 g/mol. The SMILES string of the molecule is N#CC(C(N)=O)C1CCC(CCN2CC=C(c3ccc(Cl)cc3)CC2)CC1. The molecule has 1 heterocycles. The Morgan fingerprint density at radius 1 is 1.26 bits per heavy atom. The molecule has 0 bridgehead atoms. The van der Waals surface area contributed by atoms with Gasteiger partial charge in [0.2, 0.25) is 5.91 Å². The Hall–Kier alpha value is -1.83. The van der Waals surface area contributed by atoms with E-state index in [1.807, 2.05) is 12.1 Å². The Kier molecular flexibility index (Phi) is 6.93. The molecule has 0 aromatic heterocycles. The molecule has 5 heteroatoms. The van der Waals surface area contributed by atoms with Gasteiger partial charge >= 0.3 is 0 Å². The van der Waals surface area contributed by atoms with Crippen LogP contribution in [0.4, 0.5) is 0 Å². The maximum atomic E-state index is 11.4. The first kappa shape index (κ1) is 19.9. The van der Waals surface area contributed by atoms with Crippen LogP contribution in [0.15, 0.2) is 30.3 Å². The molecular formula is C22H28ClN3O. The van der Waals surface area contributed by atoms with E-state index in [1.54, 1.807) is 0 Å². The molecule has 1 unspecified atom stereocenters. The number of primary amides is 1. The molecule has 1 saturated carbocycles. The normalized spacial score (nSPS) is 24.7. The van der Waals surface area contributed by atoms with Crippen molar-refractivity contribution in [1.29, 1.82) is 5.26 Å². The van der Waals surface area contributed by atoms with Crippen LogP contribution in [0.3, 0.4) is 0 Å². The van der Waals surface area contributed by atoms with Crippen molar-refractivity contribution < 1.29 is 4.79 Å². The van der Waals surface area contributed by atoms with E-state index >= 15 is 0 Å². The molecule has 1 fully saturated rings. The summed E-state index contributed by atoms with van der Waals surface area (Å²) in [6.45, 7) is 3.23. The molecule has 2 aliphatic rings. The fourth-order valence-electron chi connectivity index (χ4n) is 4.42. The predicted molar refractivity (Wildman–Crippen MR) is 109 cm³/mol. The standard InChI is InChI=1S/C22H28ClN3O/c23-20-7-5-17(6-8-20)18-10-13-26(14-11-18)12-9-16-1-3-19(4-2-16)21(15-24)22(25)27/h5-8,10,16,19,21H,1-4,9,11-14H2,(H2,25,27). The highest BCUT2D eigenvalue weighted by molar-refractivity contribution is 6.30. The Morgan fingerprint density at radius 3 is 2.52 bits per heavy atom. The maximum Gasteiger partial charge on any atom is 0.235 e. The van der Waals surface area contributed by atoms with E-state index in [0.29, 0.717) is 5.92 Å². The number of benzene rings is 1. The third-order valence-electron chi connectivity index (χ3n) is 6.17. The van der Waals surface area contributed by atoms with Crippen LogP contribution in [0.5, 0.6) is 0 Å². The highest BCUT2D eigenvalue weighted by Gasteiger charge is 2.31. The lowest BCUT2D eigenvalue weighted by Crippen LogP contribution is -2.33. The van der Waals surface area contributed by atoms with Gasteiger partial charge in [0.05, 0.1) is 6.07 Å². The highest BCUT2D eigenvalue weighted by atomic mass is 35.5. The van der Waals surface area contributed by atoms with Crippen molar-refractivity contribution in [1.82, 2.24) is 4.90 Å². The number of carbonyl (C=O) groups excluding carboxylic acids is 1. The summed E-state index contributed by atoms with van der Waals surface area (Å²) in [7, 11) is 0.